The minimum absolute atomic E-state index is 0.00463. The van der Waals surface area contributed by atoms with Gasteiger partial charge in [-0.15, -0.1) is 0 Å². The van der Waals surface area contributed by atoms with Gasteiger partial charge >= 0.3 is 0 Å². The van der Waals surface area contributed by atoms with Crippen LogP contribution in [0.5, 0.6) is 0 Å². The van der Waals surface area contributed by atoms with E-state index in [0.717, 1.165) is 0 Å². The SMILES string of the molecule is N#Cc1c(N)nc(N)nc1-c1c(F)cccc1Br. The molecular weight excluding hydrogens is 301 g/mol. The van der Waals surface area contributed by atoms with Crippen molar-refractivity contribution < 1.29 is 4.39 Å². The fourth-order valence-electron chi connectivity index (χ4n) is 1.51. The van der Waals surface area contributed by atoms with Crippen LogP contribution in [0.3, 0.4) is 0 Å². The zero-order chi connectivity index (χ0) is 13.3. The van der Waals surface area contributed by atoms with Crippen LogP contribution < -0.4 is 11.5 Å². The van der Waals surface area contributed by atoms with Crippen molar-refractivity contribution in [2.75, 3.05) is 11.5 Å². The van der Waals surface area contributed by atoms with Crippen LogP contribution in [-0.4, -0.2) is 9.97 Å². The van der Waals surface area contributed by atoms with Crippen LogP contribution in [0.25, 0.3) is 11.3 Å². The standard InChI is InChI=1S/C11H7BrFN5/c12-6-2-1-3-7(13)8(6)9-5(4-14)10(15)18-11(16)17-9/h1-3H,(H4,15,16,17,18). The van der Waals surface area contributed by atoms with Crippen molar-refractivity contribution in [1.82, 2.24) is 9.97 Å². The Morgan fingerprint density at radius 1 is 1.28 bits per heavy atom. The molecule has 0 aliphatic heterocycles. The zero-order valence-electron chi connectivity index (χ0n) is 8.98. The van der Waals surface area contributed by atoms with Gasteiger partial charge in [0.05, 0.1) is 11.3 Å². The lowest BCUT2D eigenvalue weighted by Gasteiger charge is -2.09. The third-order valence-electron chi connectivity index (χ3n) is 2.27. The molecule has 0 saturated heterocycles. The summed E-state index contributed by atoms with van der Waals surface area (Å²) in [5, 5.41) is 9.04. The Morgan fingerprint density at radius 3 is 2.61 bits per heavy atom. The van der Waals surface area contributed by atoms with E-state index in [1.807, 2.05) is 6.07 Å². The second-order valence-corrected chi connectivity index (χ2v) is 4.25. The van der Waals surface area contributed by atoms with Gasteiger partial charge < -0.3 is 11.5 Å². The molecule has 1 aromatic heterocycles. The van der Waals surface area contributed by atoms with Gasteiger partial charge in [-0.3, -0.25) is 0 Å². The number of nitrogens with two attached hydrogens (primary N) is 2. The lowest BCUT2D eigenvalue weighted by Crippen LogP contribution is -2.06. The van der Waals surface area contributed by atoms with E-state index in [9.17, 15) is 4.39 Å². The fraction of sp³-hybridized carbons (Fsp3) is 0. The number of rotatable bonds is 1. The Bertz CT molecular complexity index is 645. The molecule has 1 heterocycles. The summed E-state index contributed by atoms with van der Waals surface area (Å²) in [4.78, 5) is 7.56. The van der Waals surface area contributed by atoms with Gasteiger partial charge in [0.15, 0.2) is 0 Å². The van der Waals surface area contributed by atoms with Crippen molar-refractivity contribution in [2.45, 2.75) is 0 Å². The number of hydrogen-bond acceptors (Lipinski definition) is 5. The molecular formula is C11H7BrFN5. The second-order valence-electron chi connectivity index (χ2n) is 3.40. The van der Waals surface area contributed by atoms with E-state index in [1.165, 1.54) is 12.1 Å². The molecule has 5 nitrogen and oxygen atoms in total. The molecule has 2 rings (SSSR count). The molecule has 0 aliphatic rings. The predicted molar refractivity (Wildman–Crippen MR) is 68.7 cm³/mol. The number of nitriles is 1. The van der Waals surface area contributed by atoms with Crippen molar-refractivity contribution in [1.29, 1.82) is 5.26 Å². The summed E-state index contributed by atoms with van der Waals surface area (Å²) >= 11 is 3.20. The predicted octanol–water partition coefficient (Wildman–Crippen LogP) is 2.08. The molecule has 1 aromatic carbocycles. The van der Waals surface area contributed by atoms with Crippen LogP contribution in [0.1, 0.15) is 5.56 Å². The van der Waals surface area contributed by atoms with E-state index in [2.05, 4.69) is 25.9 Å². The van der Waals surface area contributed by atoms with E-state index >= 15 is 0 Å². The van der Waals surface area contributed by atoms with Gasteiger partial charge in [-0.2, -0.15) is 10.2 Å². The molecule has 0 spiro atoms. The van der Waals surface area contributed by atoms with Gasteiger partial charge in [-0.25, -0.2) is 9.37 Å². The minimum atomic E-state index is -0.529. The first-order chi connectivity index (χ1) is 8.54. The first kappa shape index (κ1) is 12.3. The van der Waals surface area contributed by atoms with Crippen molar-refractivity contribution in [3.8, 4) is 17.3 Å². The molecule has 0 saturated carbocycles. The Balaban J connectivity index is 2.84. The van der Waals surface area contributed by atoms with Gasteiger partial charge in [0.25, 0.3) is 0 Å². The highest BCUT2D eigenvalue weighted by molar-refractivity contribution is 9.10. The molecule has 2 aromatic rings. The molecule has 0 unspecified atom stereocenters. The highest BCUT2D eigenvalue weighted by atomic mass is 79.9. The normalized spacial score (nSPS) is 10.1. The summed E-state index contributed by atoms with van der Waals surface area (Å²) in [6.45, 7) is 0. The molecule has 90 valence electrons. The number of aromatic nitrogens is 2. The fourth-order valence-corrected chi connectivity index (χ4v) is 2.04. The summed E-state index contributed by atoms with van der Waals surface area (Å²) in [5.74, 6) is -0.717. The lowest BCUT2D eigenvalue weighted by molar-refractivity contribution is 0.630. The average Bonchev–Trinajstić information content (AvgIpc) is 2.28. The first-order valence-corrected chi connectivity index (χ1v) is 5.61. The van der Waals surface area contributed by atoms with Crippen LogP contribution in [0.15, 0.2) is 22.7 Å². The van der Waals surface area contributed by atoms with Crippen LogP contribution in [0.2, 0.25) is 0 Å². The quantitative estimate of drug-likeness (QED) is 0.840. The van der Waals surface area contributed by atoms with Gasteiger partial charge in [-0.05, 0) is 28.1 Å². The van der Waals surface area contributed by atoms with Crippen LogP contribution in [-0.2, 0) is 0 Å². The van der Waals surface area contributed by atoms with Crippen molar-refractivity contribution >= 4 is 27.7 Å². The minimum Gasteiger partial charge on any atom is -0.382 e. The summed E-state index contributed by atoms with van der Waals surface area (Å²) in [7, 11) is 0. The smallest absolute Gasteiger partial charge is 0.222 e. The highest BCUT2D eigenvalue weighted by Gasteiger charge is 2.18. The lowest BCUT2D eigenvalue weighted by atomic mass is 10.1. The third-order valence-corrected chi connectivity index (χ3v) is 2.93. The van der Waals surface area contributed by atoms with Crippen LogP contribution >= 0.6 is 15.9 Å². The third kappa shape index (κ3) is 1.98. The van der Waals surface area contributed by atoms with E-state index < -0.39 is 5.82 Å². The first-order valence-electron chi connectivity index (χ1n) is 4.82. The van der Waals surface area contributed by atoms with Gasteiger partial charge in [0.1, 0.15) is 23.3 Å². The van der Waals surface area contributed by atoms with Gasteiger partial charge in [0, 0.05) is 4.47 Å². The monoisotopic (exact) mass is 307 g/mol. The van der Waals surface area contributed by atoms with E-state index in [0.29, 0.717) is 4.47 Å². The molecule has 0 bridgehead atoms. The Kier molecular flexibility index (Phi) is 3.12. The number of nitrogen functional groups attached to an aromatic ring is 2. The largest absolute Gasteiger partial charge is 0.382 e. The molecule has 4 N–H and O–H groups in total. The number of benzene rings is 1. The maximum atomic E-state index is 13.8. The summed E-state index contributed by atoms with van der Waals surface area (Å²) < 4.78 is 14.3. The topological polar surface area (TPSA) is 102 Å². The van der Waals surface area contributed by atoms with Crippen molar-refractivity contribution in [3.05, 3.63) is 34.1 Å². The number of halogens is 2. The van der Waals surface area contributed by atoms with Gasteiger partial charge in [0.2, 0.25) is 5.95 Å². The van der Waals surface area contributed by atoms with E-state index in [1.54, 1.807) is 6.07 Å². The van der Waals surface area contributed by atoms with E-state index in [-0.39, 0.29) is 28.6 Å². The van der Waals surface area contributed by atoms with Crippen molar-refractivity contribution in [3.63, 3.8) is 0 Å². The summed E-state index contributed by atoms with van der Waals surface area (Å²) in [5.41, 5.74) is 11.3. The zero-order valence-corrected chi connectivity index (χ0v) is 10.6. The van der Waals surface area contributed by atoms with Crippen LogP contribution in [0.4, 0.5) is 16.2 Å². The van der Waals surface area contributed by atoms with E-state index in [4.69, 9.17) is 16.7 Å². The molecule has 0 amide bonds. The molecule has 0 fully saturated rings. The summed E-state index contributed by atoms with van der Waals surface area (Å²) in [6, 6.07) is 6.27. The Morgan fingerprint density at radius 2 is 2.00 bits per heavy atom. The summed E-state index contributed by atoms with van der Waals surface area (Å²) in [6.07, 6.45) is 0. The van der Waals surface area contributed by atoms with Crippen molar-refractivity contribution in [2.24, 2.45) is 0 Å². The van der Waals surface area contributed by atoms with Crippen LogP contribution in [0, 0.1) is 17.1 Å². The second kappa shape index (κ2) is 4.58. The molecule has 18 heavy (non-hydrogen) atoms. The average molecular weight is 308 g/mol. The molecule has 0 aliphatic carbocycles. The highest BCUT2D eigenvalue weighted by Crippen LogP contribution is 2.33. The Labute approximate surface area is 110 Å². The molecule has 0 radical (unpaired) electrons. The van der Waals surface area contributed by atoms with Gasteiger partial charge in [-0.1, -0.05) is 6.07 Å². The molecule has 0 atom stereocenters. The molecule has 7 heteroatoms. The maximum absolute atomic E-state index is 13.8. The number of anilines is 2. The maximum Gasteiger partial charge on any atom is 0.222 e. The Hall–Kier alpha value is -2.20. The number of hydrogen-bond donors (Lipinski definition) is 2. The number of nitrogens with zero attached hydrogens (tertiary/aromatic N) is 3.